The van der Waals surface area contributed by atoms with Gasteiger partial charge in [-0.2, -0.15) is 0 Å². The number of benzene rings is 2. The number of carboxylic acid groups (broad SMARTS) is 1. The van der Waals surface area contributed by atoms with Crippen molar-refractivity contribution < 1.29 is 19.4 Å². The molecule has 0 spiro atoms. The number of pyridine rings is 2. The number of aliphatic hydroxyl groups excluding tert-OH is 1. The van der Waals surface area contributed by atoms with Crippen molar-refractivity contribution in [1.29, 1.82) is 0 Å². The molecule has 4 rings (SSSR count). The smallest absolute Gasteiger partial charge is 0.341 e. The third-order valence-corrected chi connectivity index (χ3v) is 5.10. The number of aromatic nitrogens is 2. The molecule has 0 bridgehead atoms. The number of carbonyl (C=O) groups is 1. The number of nitrogens with one attached hydrogen (secondary N) is 1. The Labute approximate surface area is 182 Å². The van der Waals surface area contributed by atoms with Crippen LogP contribution in [0.5, 0.6) is 0 Å². The molecule has 7 nitrogen and oxygen atoms in total. The standard InChI is InChI=1S/C24H20FN3O4/c25-20-3-1-2-18-22(20)28(14-19(23(18)30)24(31)32)13-15-4-6-16(7-5-15)17-8-9-21(27-12-17)26-10-11-29/h1-9,12,14,29H,10-11,13H2,(H,26,27)(H,31,32). The quantitative estimate of drug-likeness (QED) is 0.413. The molecule has 0 aliphatic carbocycles. The first kappa shape index (κ1) is 21.2. The number of hydrogen-bond acceptors (Lipinski definition) is 5. The largest absolute Gasteiger partial charge is 0.477 e. The fraction of sp³-hybridized carbons (Fsp3) is 0.125. The van der Waals surface area contributed by atoms with Crippen LogP contribution in [0, 0.1) is 5.82 Å². The highest BCUT2D eigenvalue weighted by Crippen LogP contribution is 2.22. The van der Waals surface area contributed by atoms with Crippen molar-refractivity contribution in [1.82, 2.24) is 9.55 Å². The highest BCUT2D eigenvalue weighted by molar-refractivity contribution is 5.92. The molecule has 0 fully saturated rings. The molecule has 8 heteroatoms. The van der Waals surface area contributed by atoms with Crippen LogP contribution < -0.4 is 10.7 Å². The number of aliphatic hydroxyl groups is 1. The van der Waals surface area contributed by atoms with E-state index < -0.39 is 22.8 Å². The van der Waals surface area contributed by atoms with E-state index in [1.54, 1.807) is 6.20 Å². The van der Waals surface area contributed by atoms with E-state index in [2.05, 4.69) is 10.3 Å². The first-order valence-corrected chi connectivity index (χ1v) is 9.93. The van der Waals surface area contributed by atoms with Gasteiger partial charge in [0.2, 0.25) is 5.43 Å². The minimum atomic E-state index is -1.35. The maximum atomic E-state index is 14.5. The Morgan fingerprint density at radius 1 is 1.06 bits per heavy atom. The maximum Gasteiger partial charge on any atom is 0.341 e. The van der Waals surface area contributed by atoms with Crippen LogP contribution in [0.25, 0.3) is 22.0 Å². The Morgan fingerprint density at radius 2 is 1.81 bits per heavy atom. The molecule has 3 N–H and O–H groups in total. The Hall–Kier alpha value is -4.04. The number of rotatable bonds is 7. The third kappa shape index (κ3) is 4.21. The van der Waals surface area contributed by atoms with Gasteiger partial charge in [-0.15, -0.1) is 0 Å². The Morgan fingerprint density at radius 3 is 2.47 bits per heavy atom. The average molecular weight is 433 g/mol. The minimum absolute atomic E-state index is 0.0214. The third-order valence-electron chi connectivity index (χ3n) is 5.10. The van der Waals surface area contributed by atoms with Gasteiger partial charge < -0.3 is 20.1 Å². The van der Waals surface area contributed by atoms with Gasteiger partial charge in [-0.3, -0.25) is 4.79 Å². The van der Waals surface area contributed by atoms with Gasteiger partial charge in [-0.05, 0) is 35.4 Å². The van der Waals surface area contributed by atoms with Crippen molar-refractivity contribution >= 4 is 22.7 Å². The molecule has 0 radical (unpaired) electrons. The van der Waals surface area contributed by atoms with E-state index in [9.17, 15) is 19.1 Å². The minimum Gasteiger partial charge on any atom is -0.477 e. The molecule has 0 saturated carbocycles. The van der Waals surface area contributed by atoms with E-state index in [0.29, 0.717) is 12.4 Å². The fourth-order valence-electron chi connectivity index (χ4n) is 3.54. The molecule has 0 amide bonds. The van der Waals surface area contributed by atoms with Gasteiger partial charge in [-0.25, -0.2) is 14.2 Å². The summed E-state index contributed by atoms with van der Waals surface area (Å²) in [5, 5.41) is 21.3. The van der Waals surface area contributed by atoms with Crippen LogP contribution in [0.15, 0.2) is 71.8 Å². The monoisotopic (exact) mass is 433 g/mol. The van der Waals surface area contributed by atoms with Crippen molar-refractivity contribution in [2.24, 2.45) is 0 Å². The summed E-state index contributed by atoms with van der Waals surface area (Å²) in [6.07, 6.45) is 2.91. The number of fused-ring (bicyclic) bond motifs is 1. The molecule has 2 aromatic carbocycles. The second-order valence-corrected chi connectivity index (χ2v) is 7.22. The zero-order valence-corrected chi connectivity index (χ0v) is 17.0. The lowest BCUT2D eigenvalue weighted by Crippen LogP contribution is -2.19. The van der Waals surface area contributed by atoms with Gasteiger partial charge in [0.25, 0.3) is 0 Å². The molecule has 0 aliphatic heterocycles. The van der Waals surface area contributed by atoms with E-state index in [4.69, 9.17) is 5.11 Å². The summed E-state index contributed by atoms with van der Waals surface area (Å²) in [5.74, 6) is -1.27. The number of anilines is 1. The van der Waals surface area contributed by atoms with E-state index in [1.807, 2.05) is 36.4 Å². The van der Waals surface area contributed by atoms with Crippen LogP contribution in [0.3, 0.4) is 0 Å². The molecule has 0 aliphatic rings. The highest BCUT2D eigenvalue weighted by atomic mass is 19.1. The second-order valence-electron chi connectivity index (χ2n) is 7.22. The van der Waals surface area contributed by atoms with Crippen molar-refractivity contribution in [3.63, 3.8) is 0 Å². The van der Waals surface area contributed by atoms with E-state index in [0.717, 1.165) is 16.7 Å². The van der Waals surface area contributed by atoms with Gasteiger partial charge in [-0.1, -0.05) is 30.3 Å². The zero-order chi connectivity index (χ0) is 22.7. The van der Waals surface area contributed by atoms with Gasteiger partial charge in [0, 0.05) is 36.4 Å². The lowest BCUT2D eigenvalue weighted by atomic mass is 10.1. The van der Waals surface area contributed by atoms with Crippen molar-refractivity contribution in [3.05, 3.63) is 94.2 Å². The van der Waals surface area contributed by atoms with Crippen molar-refractivity contribution in [2.45, 2.75) is 6.54 Å². The lowest BCUT2D eigenvalue weighted by molar-refractivity contribution is 0.0695. The lowest BCUT2D eigenvalue weighted by Gasteiger charge is -2.13. The Bertz CT molecular complexity index is 1330. The summed E-state index contributed by atoms with van der Waals surface area (Å²) in [6, 6.07) is 15.3. The molecule has 0 saturated heterocycles. The van der Waals surface area contributed by atoms with Gasteiger partial charge in [0.15, 0.2) is 0 Å². The summed E-state index contributed by atoms with van der Waals surface area (Å²) in [6.45, 7) is 0.638. The highest BCUT2D eigenvalue weighted by Gasteiger charge is 2.17. The number of hydrogen-bond donors (Lipinski definition) is 3. The summed E-state index contributed by atoms with van der Waals surface area (Å²) in [5.41, 5.74) is 1.61. The molecule has 2 heterocycles. The van der Waals surface area contributed by atoms with E-state index in [1.165, 1.54) is 29.0 Å². The van der Waals surface area contributed by atoms with Gasteiger partial charge in [0.05, 0.1) is 12.1 Å². The molecule has 0 unspecified atom stereocenters. The zero-order valence-electron chi connectivity index (χ0n) is 17.0. The molecular formula is C24H20FN3O4. The van der Waals surface area contributed by atoms with Crippen LogP contribution in [0.2, 0.25) is 0 Å². The van der Waals surface area contributed by atoms with E-state index >= 15 is 0 Å². The predicted molar refractivity (Wildman–Crippen MR) is 119 cm³/mol. The second kappa shape index (κ2) is 8.99. The summed E-state index contributed by atoms with van der Waals surface area (Å²) in [4.78, 5) is 28.2. The molecule has 2 aromatic heterocycles. The SMILES string of the molecule is O=C(O)c1cn(Cc2ccc(-c3ccc(NCCO)nc3)cc2)c2c(F)cccc2c1=O. The van der Waals surface area contributed by atoms with Gasteiger partial charge >= 0.3 is 5.97 Å². The van der Waals surface area contributed by atoms with E-state index in [-0.39, 0.29) is 24.1 Å². The number of para-hydroxylation sites is 1. The first-order chi connectivity index (χ1) is 15.5. The maximum absolute atomic E-state index is 14.5. The summed E-state index contributed by atoms with van der Waals surface area (Å²) in [7, 11) is 0. The average Bonchev–Trinajstić information content (AvgIpc) is 2.80. The molecule has 32 heavy (non-hydrogen) atoms. The van der Waals surface area contributed by atoms with Crippen LogP contribution in [0.1, 0.15) is 15.9 Å². The Kier molecular flexibility index (Phi) is 5.96. The summed E-state index contributed by atoms with van der Waals surface area (Å²) < 4.78 is 16.0. The predicted octanol–water partition coefficient (Wildman–Crippen LogP) is 3.35. The topological polar surface area (TPSA) is 104 Å². The number of halogens is 1. The molecule has 0 atom stereocenters. The molecule has 162 valence electrons. The first-order valence-electron chi connectivity index (χ1n) is 9.93. The number of carboxylic acids is 1. The molecular weight excluding hydrogens is 413 g/mol. The van der Waals surface area contributed by atoms with Gasteiger partial charge in [0.1, 0.15) is 17.2 Å². The van der Waals surface area contributed by atoms with Crippen LogP contribution in [-0.2, 0) is 6.54 Å². The van der Waals surface area contributed by atoms with Crippen molar-refractivity contribution in [2.75, 3.05) is 18.5 Å². The van der Waals surface area contributed by atoms with Crippen molar-refractivity contribution in [3.8, 4) is 11.1 Å². The summed E-state index contributed by atoms with van der Waals surface area (Å²) >= 11 is 0. The van der Waals surface area contributed by atoms with Crippen LogP contribution >= 0.6 is 0 Å². The number of aromatic carboxylic acids is 1. The van der Waals surface area contributed by atoms with Crippen LogP contribution in [0.4, 0.5) is 10.2 Å². The number of nitrogens with zero attached hydrogens (tertiary/aromatic N) is 2. The normalized spacial score (nSPS) is 10.9. The fourth-order valence-corrected chi connectivity index (χ4v) is 3.54. The Balaban J connectivity index is 1.65. The van der Waals surface area contributed by atoms with Crippen LogP contribution in [-0.4, -0.2) is 38.9 Å². The molecule has 4 aromatic rings.